The number of aromatic nitrogens is 1. The van der Waals surface area contributed by atoms with Crippen LogP contribution in [0.3, 0.4) is 0 Å². The number of carboxylic acid groups (broad SMARTS) is 1. The molecule has 0 aliphatic heterocycles. The topological polar surface area (TPSA) is 62.2 Å². The minimum atomic E-state index is -0.914. The normalized spacial score (nSPS) is 22.8. The zero-order valence-electron chi connectivity index (χ0n) is 11.1. The molecule has 0 aromatic carbocycles. The maximum absolute atomic E-state index is 11.1. The van der Waals surface area contributed by atoms with Gasteiger partial charge in [0.1, 0.15) is 5.41 Å². The second kappa shape index (κ2) is 4.88. The van der Waals surface area contributed by atoms with E-state index in [0.29, 0.717) is 11.7 Å². The Labute approximate surface area is 111 Å². The smallest absolute Gasteiger partial charge is 0.315 e. The van der Waals surface area contributed by atoms with Crippen molar-refractivity contribution in [3.05, 3.63) is 11.1 Å². The van der Waals surface area contributed by atoms with Gasteiger partial charge >= 0.3 is 5.97 Å². The largest absolute Gasteiger partial charge is 0.481 e. The van der Waals surface area contributed by atoms with Crippen molar-refractivity contribution >= 4 is 22.4 Å². The summed E-state index contributed by atoms with van der Waals surface area (Å²) < 4.78 is 0. The molecule has 1 fully saturated rings. The Morgan fingerprint density at radius 1 is 1.67 bits per heavy atom. The van der Waals surface area contributed by atoms with Crippen molar-refractivity contribution in [1.82, 2.24) is 4.98 Å². The first kappa shape index (κ1) is 13.3. The fourth-order valence-electron chi connectivity index (χ4n) is 2.01. The maximum atomic E-state index is 11.1. The SMILES string of the molecule is CCCC1CC1Nc1nc(C(C)(C)C(=O)O)cs1. The summed E-state index contributed by atoms with van der Waals surface area (Å²) in [7, 11) is 0. The summed E-state index contributed by atoms with van der Waals surface area (Å²) in [5.74, 6) is -0.0653. The quantitative estimate of drug-likeness (QED) is 0.832. The summed E-state index contributed by atoms with van der Waals surface area (Å²) >= 11 is 1.50. The van der Waals surface area contributed by atoms with Gasteiger partial charge in [0.2, 0.25) is 0 Å². The summed E-state index contributed by atoms with van der Waals surface area (Å²) in [5, 5.41) is 15.2. The summed E-state index contributed by atoms with van der Waals surface area (Å²) in [6.07, 6.45) is 3.69. The third kappa shape index (κ3) is 2.66. The Morgan fingerprint density at radius 2 is 2.39 bits per heavy atom. The number of carbonyl (C=O) groups is 1. The first-order valence-corrected chi connectivity index (χ1v) is 7.29. The molecule has 1 aliphatic rings. The number of carboxylic acids is 1. The molecular formula is C13H20N2O2S. The van der Waals surface area contributed by atoms with Crippen molar-refractivity contribution in [2.75, 3.05) is 5.32 Å². The number of hydrogen-bond donors (Lipinski definition) is 2. The molecule has 0 radical (unpaired) electrons. The van der Waals surface area contributed by atoms with E-state index in [-0.39, 0.29) is 0 Å². The van der Waals surface area contributed by atoms with Gasteiger partial charge in [-0.15, -0.1) is 11.3 Å². The van der Waals surface area contributed by atoms with E-state index in [1.54, 1.807) is 13.8 Å². The first-order chi connectivity index (χ1) is 8.45. The molecule has 0 saturated heterocycles. The molecule has 1 saturated carbocycles. The standard InChI is InChI=1S/C13H20N2O2S/c1-4-5-8-6-9(8)14-12-15-10(7-18-12)13(2,3)11(16)17/h7-9H,4-6H2,1-3H3,(H,14,15)(H,16,17). The molecule has 0 spiro atoms. The Morgan fingerprint density at radius 3 is 3.00 bits per heavy atom. The lowest BCUT2D eigenvalue weighted by molar-refractivity contribution is -0.142. The number of aliphatic carboxylic acids is 1. The van der Waals surface area contributed by atoms with Crippen LogP contribution in [0.4, 0.5) is 5.13 Å². The molecule has 18 heavy (non-hydrogen) atoms. The molecule has 1 aromatic rings. The van der Waals surface area contributed by atoms with Crippen molar-refractivity contribution in [3.8, 4) is 0 Å². The fraction of sp³-hybridized carbons (Fsp3) is 0.692. The molecule has 0 bridgehead atoms. The average Bonchev–Trinajstić information content (AvgIpc) is 2.84. The minimum Gasteiger partial charge on any atom is -0.481 e. The molecule has 1 aromatic heterocycles. The van der Waals surface area contributed by atoms with Crippen molar-refractivity contribution < 1.29 is 9.90 Å². The molecule has 2 unspecified atom stereocenters. The molecule has 5 heteroatoms. The molecule has 1 aliphatic carbocycles. The summed E-state index contributed by atoms with van der Waals surface area (Å²) in [6.45, 7) is 5.57. The second-order valence-corrected chi connectivity index (χ2v) is 6.36. The monoisotopic (exact) mass is 268 g/mol. The van der Waals surface area contributed by atoms with Gasteiger partial charge in [0.05, 0.1) is 5.69 Å². The Kier molecular flexibility index (Phi) is 3.61. The Hall–Kier alpha value is -1.10. The predicted octanol–water partition coefficient (Wildman–Crippen LogP) is 3.11. The lowest BCUT2D eigenvalue weighted by Gasteiger charge is -2.15. The van der Waals surface area contributed by atoms with E-state index in [0.717, 1.165) is 11.0 Å². The van der Waals surface area contributed by atoms with Crippen LogP contribution < -0.4 is 5.32 Å². The summed E-state index contributed by atoms with van der Waals surface area (Å²) in [5.41, 5.74) is -0.279. The van der Waals surface area contributed by atoms with Gasteiger partial charge < -0.3 is 10.4 Å². The average molecular weight is 268 g/mol. The van der Waals surface area contributed by atoms with Crippen molar-refractivity contribution in [2.24, 2.45) is 5.92 Å². The molecule has 1 heterocycles. The van der Waals surface area contributed by atoms with Gasteiger partial charge in [0.25, 0.3) is 0 Å². The van der Waals surface area contributed by atoms with Crippen molar-refractivity contribution in [3.63, 3.8) is 0 Å². The van der Waals surface area contributed by atoms with Crippen LogP contribution in [-0.2, 0) is 10.2 Å². The Bertz CT molecular complexity index is 442. The number of anilines is 1. The molecule has 4 nitrogen and oxygen atoms in total. The van der Waals surface area contributed by atoms with Gasteiger partial charge in [-0.1, -0.05) is 13.3 Å². The van der Waals surface area contributed by atoms with E-state index >= 15 is 0 Å². The zero-order chi connectivity index (χ0) is 13.3. The molecule has 2 rings (SSSR count). The summed E-state index contributed by atoms with van der Waals surface area (Å²) in [4.78, 5) is 15.6. The Balaban J connectivity index is 1.97. The molecule has 2 atom stereocenters. The van der Waals surface area contributed by atoms with Crippen LogP contribution in [0.25, 0.3) is 0 Å². The van der Waals surface area contributed by atoms with Gasteiger partial charge in [-0.05, 0) is 32.6 Å². The van der Waals surface area contributed by atoms with Gasteiger partial charge in [-0.25, -0.2) is 4.98 Å². The van der Waals surface area contributed by atoms with Gasteiger partial charge in [-0.3, -0.25) is 4.79 Å². The van der Waals surface area contributed by atoms with Crippen LogP contribution >= 0.6 is 11.3 Å². The van der Waals surface area contributed by atoms with Gasteiger partial charge in [0, 0.05) is 11.4 Å². The first-order valence-electron chi connectivity index (χ1n) is 6.41. The zero-order valence-corrected chi connectivity index (χ0v) is 11.9. The van der Waals surface area contributed by atoms with E-state index in [1.165, 1.54) is 30.6 Å². The van der Waals surface area contributed by atoms with Crippen molar-refractivity contribution in [2.45, 2.75) is 51.5 Å². The van der Waals surface area contributed by atoms with Gasteiger partial charge in [0.15, 0.2) is 5.13 Å². The molecule has 0 amide bonds. The van der Waals surface area contributed by atoms with Crippen LogP contribution in [0.1, 0.15) is 45.7 Å². The summed E-state index contributed by atoms with van der Waals surface area (Å²) in [6, 6.07) is 0.539. The number of hydrogen-bond acceptors (Lipinski definition) is 4. The van der Waals surface area contributed by atoms with Crippen LogP contribution in [-0.4, -0.2) is 22.1 Å². The van der Waals surface area contributed by atoms with Crippen LogP contribution in [0.5, 0.6) is 0 Å². The molecular weight excluding hydrogens is 248 g/mol. The highest BCUT2D eigenvalue weighted by molar-refractivity contribution is 7.13. The number of nitrogens with one attached hydrogen (secondary N) is 1. The van der Waals surface area contributed by atoms with Gasteiger partial charge in [-0.2, -0.15) is 0 Å². The predicted molar refractivity (Wildman–Crippen MR) is 73.2 cm³/mol. The highest BCUT2D eigenvalue weighted by Gasteiger charge is 2.37. The maximum Gasteiger partial charge on any atom is 0.315 e. The highest BCUT2D eigenvalue weighted by Crippen LogP contribution is 2.38. The van der Waals surface area contributed by atoms with Crippen molar-refractivity contribution in [1.29, 1.82) is 0 Å². The number of thiazole rings is 1. The third-order valence-electron chi connectivity index (χ3n) is 3.57. The number of nitrogens with zero attached hydrogens (tertiary/aromatic N) is 1. The van der Waals surface area contributed by atoms with Crippen LogP contribution in [0.2, 0.25) is 0 Å². The van der Waals surface area contributed by atoms with E-state index in [1.807, 2.05) is 5.38 Å². The lowest BCUT2D eigenvalue weighted by atomic mass is 9.90. The molecule has 2 N–H and O–H groups in total. The third-order valence-corrected chi connectivity index (χ3v) is 4.34. The lowest BCUT2D eigenvalue weighted by Crippen LogP contribution is -2.28. The van der Waals surface area contributed by atoms with E-state index in [9.17, 15) is 4.79 Å². The van der Waals surface area contributed by atoms with E-state index < -0.39 is 11.4 Å². The second-order valence-electron chi connectivity index (χ2n) is 5.50. The van der Waals surface area contributed by atoms with E-state index in [2.05, 4.69) is 17.2 Å². The molecule has 100 valence electrons. The van der Waals surface area contributed by atoms with Crippen LogP contribution in [0, 0.1) is 5.92 Å². The highest BCUT2D eigenvalue weighted by atomic mass is 32.1. The van der Waals surface area contributed by atoms with Crippen LogP contribution in [0.15, 0.2) is 5.38 Å². The minimum absolute atomic E-state index is 0.539. The number of rotatable bonds is 6. The van der Waals surface area contributed by atoms with E-state index in [4.69, 9.17) is 5.11 Å². The fourth-order valence-corrected chi connectivity index (χ4v) is 2.95.